The highest BCUT2D eigenvalue weighted by atomic mass is 15.4. The van der Waals surface area contributed by atoms with E-state index in [1.807, 2.05) is 12.3 Å². The molecule has 4 heteroatoms. The molecule has 4 nitrogen and oxygen atoms in total. The molecule has 0 aromatic heterocycles. The maximum absolute atomic E-state index is 8.91. The number of hydrogen-bond acceptors (Lipinski definition) is 4. The van der Waals surface area contributed by atoms with Crippen molar-refractivity contribution in [2.45, 2.75) is 63.5 Å². The molecule has 0 aromatic carbocycles. The fourth-order valence-corrected chi connectivity index (χ4v) is 5.42. The molecule has 0 N–H and O–H groups in total. The summed E-state index contributed by atoms with van der Waals surface area (Å²) in [5, 5.41) is 8.91. The molecule has 1 spiro atoms. The first kappa shape index (κ1) is 14.2. The molecule has 1 fully saturated rings. The second kappa shape index (κ2) is 5.17. The van der Waals surface area contributed by atoms with Crippen molar-refractivity contribution in [3.63, 3.8) is 0 Å². The first-order valence-electron chi connectivity index (χ1n) is 9.30. The van der Waals surface area contributed by atoms with Crippen LogP contribution in [0.3, 0.4) is 0 Å². The molecular formula is C20H22N4. The van der Waals surface area contributed by atoms with E-state index in [2.05, 4.69) is 22.0 Å². The number of nitrogens with zero attached hydrogens (tertiary/aromatic N) is 4. The van der Waals surface area contributed by atoms with E-state index < -0.39 is 0 Å². The van der Waals surface area contributed by atoms with Gasteiger partial charge >= 0.3 is 0 Å². The van der Waals surface area contributed by atoms with Crippen molar-refractivity contribution >= 4 is 11.4 Å². The highest BCUT2D eigenvalue weighted by molar-refractivity contribution is 6.22. The Kier molecular flexibility index (Phi) is 3.06. The molecule has 2 aliphatic heterocycles. The van der Waals surface area contributed by atoms with Gasteiger partial charge in [-0.1, -0.05) is 12.0 Å². The zero-order valence-electron chi connectivity index (χ0n) is 14.0. The Morgan fingerprint density at radius 3 is 3.04 bits per heavy atom. The summed E-state index contributed by atoms with van der Waals surface area (Å²) in [7, 11) is 0. The summed E-state index contributed by atoms with van der Waals surface area (Å²) < 4.78 is 0. The van der Waals surface area contributed by atoms with Crippen molar-refractivity contribution in [1.82, 2.24) is 4.90 Å². The first-order valence-corrected chi connectivity index (χ1v) is 9.30. The van der Waals surface area contributed by atoms with Crippen LogP contribution in [0.4, 0.5) is 0 Å². The van der Waals surface area contributed by atoms with Gasteiger partial charge in [0.15, 0.2) is 0 Å². The lowest BCUT2D eigenvalue weighted by molar-refractivity contribution is 0.0498. The number of aliphatic imine (C=N–C) groups is 2. The van der Waals surface area contributed by atoms with E-state index in [1.165, 1.54) is 62.8 Å². The van der Waals surface area contributed by atoms with E-state index in [9.17, 15) is 0 Å². The molecular weight excluding hydrogens is 296 g/mol. The largest absolute Gasteiger partial charge is 0.318 e. The van der Waals surface area contributed by atoms with Crippen LogP contribution in [-0.2, 0) is 0 Å². The summed E-state index contributed by atoms with van der Waals surface area (Å²) in [4.78, 5) is 11.8. The molecule has 0 saturated heterocycles. The van der Waals surface area contributed by atoms with Gasteiger partial charge in [0.1, 0.15) is 5.66 Å². The number of hydrogen-bond donors (Lipinski definition) is 0. The smallest absolute Gasteiger partial charge is 0.206 e. The first-order chi connectivity index (χ1) is 11.8. The van der Waals surface area contributed by atoms with E-state index in [4.69, 9.17) is 10.3 Å². The predicted molar refractivity (Wildman–Crippen MR) is 94.3 cm³/mol. The minimum atomic E-state index is -0.0535. The molecule has 3 aliphatic carbocycles. The van der Waals surface area contributed by atoms with E-state index in [1.54, 1.807) is 5.57 Å². The van der Waals surface area contributed by atoms with E-state index in [-0.39, 0.29) is 5.66 Å². The monoisotopic (exact) mass is 318 g/mol. The van der Waals surface area contributed by atoms with Gasteiger partial charge < -0.3 is 4.90 Å². The van der Waals surface area contributed by atoms with Gasteiger partial charge in [0, 0.05) is 11.6 Å². The summed E-state index contributed by atoms with van der Waals surface area (Å²) >= 11 is 0. The van der Waals surface area contributed by atoms with Crippen LogP contribution in [0.25, 0.3) is 0 Å². The Morgan fingerprint density at radius 1 is 1.21 bits per heavy atom. The lowest BCUT2D eigenvalue weighted by Crippen LogP contribution is -2.53. The second-order valence-corrected chi connectivity index (χ2v) is 7.61. The van der Waals surface area contributed by atoms with E-state index in [0.29, 0.717) is 5.92 Å². The van der Waals surface area contributed by atoms with Gasteiger partial charge in [-0.05, 0) is 69.6 Å². The fourth-order valence-electron chi connectivity index (χ4n) is 5.42. The van der Waals surface area contributed by atoms with Gasteiger partial charge in [-0.25, -0.2) is 0 Å². The number of rotatable bonds is 0. The second-order valence-electron chi connectivity index (χ2n) is 7.61. The molecule has 2 heterocycles. The minimum Gasteiger partial charge on any atom is -0.318 e. The van der Waals surface area contributed by atoms with Gasteiger partial charge in [0.05, 0.1) is 17.1 Å². The highest BCUT2D eigenvalue weighted by Crippen LogP contribution is 2.55. The van der Waals surface area contributed by atoms with Crippen LogP contribution in [0.5, 0.6) is 0 Å². The lowest BCUT2D eigenvalue weighted by Gasteiger charge is -2.52. The summed E-state index contributed by atoms with van der Waals surface area (Å²) in [5.74, 6) is 0.645. The zero-order valence-corrected chi connectivity index (χ0v) is 14.0. The maximum Gasteiger partial charge on any atom is 0.206 e. The van der Waals surface area contributed by atoms with Crippen LogP contribution >= 0.6 is 0 Å². The van der Waals surface area contributed by atoms with Gasteiger partial charge in [-0.3, -0.25) is 4.99 Å². The molecule has 122 valence electrons. The average Bonchev–Trinajstić information content (AvgIpc) is 2.94. The average molecular weight is 318 g/mol. The summed E-state index contributed by atoms with van der Waals surface area (Å²) in [6, 6.07) is 0. The minimum absolute atomic E-state index is 0.0535. The van der Waals surface area contributed by atoms with Gasteiger partial charge in [-0.15, -0.1) is 0 Å². The van der Waals surface area contributed by atoms with Crippen molar-refractivity contribution in [2.24, 2.45) is 15.9 Å². The molecule has 1 saturated carbocycles. The summed E-state index contributed by atoms with van der Waals surface area (Å²) in [6.45, 7) is 0. The summed E-state index contributed by atoms with van der Waals surface area (Å²) in [6.07, 6.45) is 19.3. The van der Waals surface area contributed by atoms with Crippen LogP contribution in [0.15, 0.2) is 45.2 Å². The van der Waals surface area contributed by atoms with E-state index >= 15 is 0 Å². The van der Waals surface area contributed by atoms with Gasteiger partial charge in [0.25, 0.3) is 0 Å². The summed E-state index contributed by atoms with van der Waals surface area (Å²) in [5.41, 5.74) is 6.19. The van der Waals surface area contributed by atoms with Crippen molar-refractivity contribution in [1.29, 1.82) is 5.26 Å². The van der Waals surface area contributed by atoms with Crippen LogP contribution in [-0.4, -0.2) is 22.0 Å². The molecule has 24 heavy (non-hydrogen) atoms. The molecule has 0 aromatic rings. The molecule has 0 unspecified atom stereocenters. The van der Waals surface area contributed by atoms with Crippen LogP contribution in [0.1, 0.15) is 57.8 Å². The maximum atomic E-state index is 8.91. The Hall–Kier alpha value is -2.15. The Balaban J connectivity index is 1.69. The van der Waals surface area contributed by atoms with Gasteiger partial charge in [0.2, 0.25) is 6.19 Å². The number of nitriles is 1. The zero-order chi connectivity index (χ0) is 16.1. The Morgan fingerprint density at radius 2 is 2.12 bits per heavy atom. The number of allylic oxidation sites excluding steroid dienone is 5. The van der Waals surface area contributed by atoms with Crippen molar-refractivity contribution in [2.75, 3.05) is 0 Å². The van der Waals surface area contributed by atoms with E-state index in [0.717, 1.165) is 17.8 Å². The standard InChI is InChI=1S/C20H22N4/c21-13-22-16-8-9-17-19(12-16)24-18-7-2-1-5-14(18)11-15-6-3-4-10-20(15,24)23-17/h8-9,12,15H,1-7,10-11H2/t15-,20+/m0/s1. The highest BCUT2D eigenvalue weighted by Gasteiger charge is 2.54. The Labute approximate surface area is 143 Å². The molecule has 0 radical (unpaired) electrons. The van der Waals surface area contributed by atoms with Gasteiger partial charge in [-0.2, -0.15) is 10.3 Å². The topological polar surface area (TPSA) is 51.8 Å². The molecule has 5 rings (SSSR count). The number of fused-ring (bicyclic) bond motifs is 3. The third-order valence-electron chi connectivity index (χ3n) is 6.39. The van der Waals surface area contributed by atoms with Crippen molar-refractivity contribution in [3.8, 4) is 6.19 Å². The lowest BCUT2D eigenvalue weighted by atomic mass is 9.70. The quantitative estimate of drug-likeness (QED) is 0.495. The van der Waals surface area contributed by atoms with Crippen molar-refractivity contribution < 1.29 is 0 Å². The molecule has 5 aliphatic rings. The van der Waals surface area contributed by atoms with Crippen LogP contribution in [0.2, 0.25) is 0 Å². The SMILES string of the molecule is N#CN=C1C=CC2=N[C@@]34CCCC[C@H]3CC3=C(CCCC3)N4C2=C1. The Bertz CT molecular complexity index is 789. The molecule has 2 atom stereocenters. The van der Waals surface area contributed by atoms with Crippen LogP contribution in [0, 0.1) is 17.4 Å². The van der Waals surface area contributed by atoms with Crippen LogP contribution < -0.4 is 0 Å². The third kappa shape index (κ3) is 1.84. The third-order valence-corrected chi connectivity index (χ3v) is 6.39. The normalized spacial score (nSPS) is 35.5. The predicted octanol–water partition coefficient (Wildman–Crippen LogP) is 4.24. The molecule has 0 bridgehead atoms. The van der Waals surface area contributed by atoms with Crippen molar-refractivity contribution in [3.05, 3.63) is 35.2 Å². The molecule has 0 amide bonds. The fraction of sp³-hybridized carbons (Fsp3) is 0.550.